The molecule has 0 aliphatic carbocycles. The Kier molecular flexibility index (Phi) is 7.14. The standard InChI is InChI=1S/C13H18BrN3O2/c14-11-4-2-10(3-5-11)13(19)17-9-6-12(18)16-8-1-7-15/h2-5H,1,6-9,15H2,(H,16,18)(H,17,19). The summed E-state index contributed by atoms with van der Waals surface area (Å²) in [6, 6.07) is 7.05. The van der Waals surface area contributed by atoms with E-state index in [4.69, 9.17) is 5.73 Å². The zero-order valence-electron chi connectivity index (χ0n) is 10.6. The molecular formula is C13H18BrN3O2. The average molecular weight is 328 g/mol. The molecule has 0 atom stereocenters. The Labute approximate surface area is 121 Å². The first-order chi connectivity index (χ1) is 9.13. The minimum Gasteiger partial charge on any atom is -0.356 e. The number of hydrogen-bond acceptors (Lipinski definition) is 3. The summed E-state index contributed by atoms with van der Waals surface area (Å²) >= 11 is 3.30. The summed E-state index contributed by atoms with van der Waals surface area (Å²) in [4.78, 5) is 23.1. The summed E-state index contributed by atoms with van der Waals surface area (Å²) in [6.45, 7) is 1.46. The van der Waals surface area contributed by atoms with Gasteiger partial charge in [0.2, 0.25) is 5.91 Å². The van der Waals surface area contributed by atoms with Gasteiger partial charge in [-0.05, 0) is 37.2 Å². The number of carbonyl (C=O) groups is 2. The topological polar surface area (TPSA) is 84.2 Å². The molecule has 6 heteroatoms. The number of benzene rings is 1. The average Bonchev–Trinajstić information content (AvgIpc) is 2.39. The Bertz CT molecular complexity index is 420. The normalized spacial score (nSPS) is 10.0. The van der Waals surface area contributed by atoms with Gasteiger partial charge < -0.3 is 16.4 Å². The predicted molar refractivity (Wildman–Crippen MR) is 77.8 cm³/mol. The quantitative estimate of drug-likeness (QED) is 0.654. The monoisotopic (exact) mass is 327 g/mol. The van der Waals surface area contributed by atoms with Gasteiger partial charge in [0, 0.05) is 29.5 Å². The number of rotatable bonds is 7. The molecule has 4 N–H and O–H groups in total. The maximum absolute atomic E-state index is 11.7. The molecule has 0 heterocycles. The maximum atomic E-state index is 11.7. The lowest BCUT2D eigenvalue weighted by molar-refractivity contribution is -0.120. The molecule has 0 spiro atoms. The van der Waals surface area contributed by atoms with E-state index in [1.807, 2.05) is 0 Å². The fourth-order valence-electron chi connectivity index (χ4n) is 1.41. The van der Waals surface area contributed by atoms with Gasteiger partial charge in [-0.3, -0.25) is 9.59 Å². The van der Waals surface area contributed by atoms with Gasteiger partial charge in [0.05, 0.1) is 0 Å². The fourth-order valence-corrected chi connectivity index (χ4v) is 1.68. The molecule has 0 bridgehead atoms. The summed E-state index contributed by atoms with van der Waals surface area (Å²) in [5, 5.41) is 5.43. The van der Waals surface area contributed by atoms with E-state index in [2.05, 4.69) is 26.6 Å². The predicted octanol–water partition coefficient (Wildman–Crippen LogP) is 1.03. The Morgan fingerprint density at radius 2 is 1.79 bits per heavy atom. The summed E-state index contributed by atoms with van der Waals surface area (Å²) < 4.78 is 0.920. The molecule has 0 fully saturated rings. The van der Waals surface area contributed by atoms with Crippen molar-refractivity contribution in [1.82, 2.24) is 10.6 Å². The van der Waals surface area contributed by atoms with Crippen LogP contribution in [-0.4, -0.2) is 31.4 Å². The van der Waals surface area contributed by atoms with Gasteiger partial charge in [-0.2, -0.15) is 0 Å². The molecule has 5 nitrogen and oxygen atoms in total. The number of amides is 2. The number of halogens is 1. The first-order valence-corrected chi connectivity index (χ1v) is 6.93. The van der Waals surface area contributed by atoms with E-state index in [-0.39, 0.29) is 18.2 Å². The molecule has 19 heavy (non-hydrogen) atoms. The van der Waals surface area contributed by atoms with Crippen molar-refractivity contribution in [2.45, 2.75) is 12.8 Å². The molecule has 1 aromatic rings. The van der Waals surface area contributed by atoms with Crippen molar-refractivity contribution in [2.24, 2.45) is 5.73 Å². The maximum Gasteiger partial charge on any atom is 0.251 e. The highest BCUT2D eigenvalue weighted by molar-refractivity contribution is 9.10. The van der Waals surface area contributed by atoms with E-state index in [1.165, 1.54) is 0 Å². The Morgan fingerprint density at radius 1 is 1.11 bits per heavy atom. The van der Waals surface area contributed by atoms with Gasteiger partial charge in [0.1, 0.15) is 0 Å². The van der Waals surface area contributed by atoms with E-state index in [1.54, 1.807) is 24.3 Å². The van der Waals surface area contributed by atoms with Gasteiger partial charge in [0.25, 0.3) is 5.91 Å². The van der Waals surface area contributed by atoms with Crippen LogP contribution >= 0.6 is 15.9 Å². The molecule has 0 saturated heterocycles. The molecule has 0 aliphatic rings. The first-order valence-electron chi connectivity index (χ1n) is 6.14. The highest BCUT2D eigenvalue weighted by Crippen LogP contribution is 2.10. The summed E-state index contributed by atoms with van der Waals surface area (Å²) in [6.07, 6.45) is 1.03. The summed E-state index contributed by atoms with van der Waals surface area (Å²) in [7, 11) is 0. The van der Waals surface area contributed by atoms with E-state index in [0.29, 0.717) is 25.2 Å². The van der Waals surface area contributed by atoms with Gasteiger partial charge in [-0.15, -0.1) is 0 Å². The zero-order chi connectivity index (χ0) is 14.1. The first kappa shape index (κ1) is 15.7. The van der Waals surface area contributed by atoms with Gasteiger partial charge in [-0.1, -0.05) is 15.9 Å². The van der Waals surface area contributed by atoms with Crippen molar-refractivity contribution < 1.29 is 9.59 Å². The van der Waals surface area contributed by atoms with Crippen molar-refractivity contribution >= 4 is 27.7 Å². The molecule has 0 aliphatic heterocycles. The summed E-state index contributed by atoms with van der Waals surface area (Å²) in [5.41, 5.74) is 5.89. The largest absolute Gasteiger partial charge is 0.356 e. The fraction of sp³-hybridized carbons (Fsp3) is 0.385. The van der Waals surface area contributed by atoms with Crippen LogP contribution in [-0.2, 0) is 4.79 Å². The highest BCUT2D eigenvalue weighted by Gasteiger charge is 2.06. The van der Waals surface area contributed by atoms with Crippen LogP contribution in [0, 0.1) is 0 Å². The smallest absolute Gasteiger partial charge is 0.251 e. The lowest BCUT2D eigenvalue weighted by Gasteiger charge is -2.06. The minimum absolute atomic E-state index is 0.0791. The second-order valence-electron chi connectivity index (χ2n) is 4.00. The molecule has 0 aromatic heterocycles. The number of nitrogens with one attached hydrogen (secondary N) is 2. The van der Waals surface area contributed by atoms with Gasteiger partial charge in [-0.25, -0.2) is 0 Å². The molecule has 0 unspecified atom stereocenters. The Morgan fingerprint density at radius 3 is 2.42 bits per heavy atom. The second kappa shape index (κ2) is 8.66. The lowest BCUT2D eigenvalue weighted by Crippen LogP contribution is -2.31. The van der Waals surface area contributed by atoms with E-state index >= 15 is 0 Å². The van der Waals surface area contributed by atoms with Crippen molar-refractivity contribution in [3.63, 3.8) is 0 Å². The number of nitrogens with two attached hydrogens (primary N) is 1. The third-order valence-electron chi connectivity index (χ3n) is 2.45. The molecule has 0 radical (unpaired) electrons. The van der Waals surface area contributed by atoms with Crippen LogP contribution in [0.5, 0.6) is 0 Å². The van der Waals surface area contributed by atoms with E-state index in [0.717, 1.165) is 10.9 Å². The van der Waals surface area contributed by atoms with Crippen molar-refractivity contribution in [3.8, 4) is 0 Å². The van der Waals surface area contributed by atoms with Crippen molar-refractivity contribution in [1.29, 1.82) is 0 Å². The van der Waals surface area contributed by atoms with Crippen molar-refractivity contribution in [2.75, 3.05) is 19.6 Å². The molecular weight excluding hydrogens is 310 g/mol. The van der Waals surface area contributed by atoms with Crippen LogP contribution in [0.1, 0.15) is 23.2 Å². The Hall–Kier alpha value is -1.40. The number of hydrogen-bond donors (Lipinski definition) is 3. The van der Waals surface area contributed by atoms with E-state index in [9.17, 15) is 9.59 Å². The third-order valence-corrected chi connectivity index (χ3v) is 2.98. The van der Waals surface area contributed by atoms with Crippen LogP contribution in [0.4, 0.5) is 0 Å². The molecule has 0 saturated carbocycles. The highest BCUT2D eigenvalue weighted by atomic mass is 79.9. The SMILES string of the molecule is NCCCNC(=O)CCNC(=O)c1ccc(Br)cc1. The second-order valence-corrected chi connectivity index (χ2v) is 4.92. The minimum atomic E-state index is -0.178. The van der Waals surface area contributed by atoms with Crippen LogP contribution < -0.4 is 16.4 Å². The number of carbonyl (C=O) groups excluding carboxylic acids is 2. The summed E-state index contributed by atoms with van der Waals surface area (Å²) in [5.74, 6) is -0.258. The third kappa shape index (κ3) is 6.35. The van der Waals surface area contributed by atoms with Gasteiger partial charge in [0.15, 0.2) is 0 Å². The van der Waals surface area contributed by atoms with Crippen molar-refractivity contribution in [3.05, 3.63) is 34.3 Å². The van der Waals surface area contributed by atoms with Crippen LogP contribution in [0.2, 0.25) is 0 Å². The molecule has 1 rings (SSSR count). The lowest BCUT2D eigenvalue weighted by atomic mass is 10.2. The van der Waals surface area contributed by atoms with Crippen LogP contribution in [0.15, 0.2) is 28.7 Å². The molecule has 2 amide bonds. The van der Waals surface area contributed by atoms with Crippen LogP contribution in [0.25, 0.3) is 0 Å². The molecule has 104 valence electrons. The van der Waals surface area contributed by atoms with Crippen LogP contribution in [0.3, 0.4) is 0 Å². The zero-order valence-corrected chi connectivity index (χ0v) is 12.2. The Balaban J connectivity index is 2.23. The molecule has 1 aromatic carbocycles. The van der Waals surface area contributed by atoms with E-state index < -0.39 is 0 Å². The van der Waals surface area contributed by atoms with Gasteiger partial charge >= 0.3 is 0 Å².